The molecule has 0 bridgehead atoms. The molecule has 0 aromatic carbocycles. The fraction of sp³-hybridized carbons (Fsp3) is 0.556. The number of likely N-dealkylation sites (tertiary alicyclic amines) is 1. The summed E-state index contributed by atoms with van der Waals surface area (Å²) in [5.41, 5.74) is 0. The quantitative estimate of drug-likeness (QED) is 0.734. The SMILES string of the molecule is Cn1ccnc1CN1CC(S(=O)(=O)Cl)CC1=O. The van der Waals surface area contributed by atoms with Crippen molar-refractivity contribution in [2.45, 2.75) is 18.2 Å². The van der Waals surface area contributed by atoms with Crippen LogP contribution in [0.3, 0.4) is 0 Å². The Bertz CT molecular complexity index is 539. The largest absolute Gasteiger partial charge is 0.337 e. The maximum Gasteiger partial charge on any atom is 0.237 e. The van der Waals surface area contributed by atoms with Crippen LogP contribution in [0.5, 0.6) is 0 Å². The zero-order valence-corrected chi connectivity index (χ0v) is 10.8. The molecule has 1 aliphatic rings. The highest BCUT2D eigenvalue weighted by Crippen LogP contribution is 2.22. The number of imidazole rings is 1. The summed E-state index contributed by atoms with van der Waals surface area (Å²) in [6.07, 6.45) is 3.35. The lowest BCUT2D eigenvalue weighted by Crippen LogP contribution is -2.27. The van der Waals surface area contributed by atoms with Crippen LogP contribution >= 0.6 is 10.7 Å². The van der Waals surface area contributed by atoms with E-state index in [4.69, 9.17) is 10.7 Å². The third-order valence-electron chi connectivity index (χ3n) is 2.83. The van der Waals surface area contributed by atoms with Gasteiger partial charge in [0, 0.05) is 43.1 Å². The highest BCUT2D eigenvalue weighted by molar-refractivity contribution is 8.14. The summed E-state index contributed by atoms with van der Waals surface area (Å²) in [5, 5.41) is -0.808. The molecule has 1 fully saturated rings. The Hall–Kier alpha value is -1.08. The number of hydrogen-bond donors (Lipinski definition) is 0. The minimum absolute atomic E-state index is 0.0454. The van der Waals surface area contributed by atoms with Crippen molar-refractivity contribution in [3.63, 3.8) is 0 Å². The van der Waals surface area contributed by atoms with Crippen molar-refractivity contribution in [3.8, 4) is 0 Å². The van der Waals surface area contributed by atoms with E-state index < -0.39 is 14.3 Å². The van der Waals surface area contributed by atoms with E-state index in [1.807, 2.05) is 7.05 Å². The fourth-order valence-electron chi connectivity index (χ4n) is 1.80. The summed E-state index contributed by atoms with van der Waals surface area (Å²) in [6, 6.07) is 0. The molecule has 6 nitrogen and oxygen atoms in total. The molecule has 1 atom stereocenters. The minimum Gasteiger partial charge on any atom is -0.337 e. The first-order valence-corrected chi connectivity index (χ1v) is 7.42. The highest BCUT2D eigenvalue weighted by Gasteiger charge is 2.37. The third kappa shape index (κ3) is 2.61. The molecule has 0 N–H and O–H groups in total. The van der Waals surface area contributed by atoms with Crippen molar-refractivity contribution in [1.82, 2.24) is 14.5 Å². The minimum atomic E-state index is -3.67. The van der Waals surface area contributed by atoms with Crippen molar-refractivity contribution >= 4 is 25.6 Å². The average Bonchev–Trinajstić information content (AvgIpc) is 2.75. The fourth-order valence-corrected chi connectivity index (χ4v) is 2.85. The molecular weight excluding hydrogens is 266 g/mol. The molecule has 1 saturated heterocycles. The van der Waals surface area contributed by atoms with E-state index in [1.54, 1.807) is 17.0 Å². The van der Waals surface area contributed by atoms with E-state index >= 15 is 0 Å². The van der Waals surface area contributed by atoms with Gasteiger partial charge in [0.25, 0.3) is 0 Å². The number of nitrogens with zero attached hydrogens (tertiary/aromatic N) is 3. The van der Waals surface area contributed by atoms with Crippen molar-refractivity contribution in [1.29, 1.82) is 0 Å². The highest BCUT2D eigenvalue weighted by atomic mass is 35.7. The second-order valence-electron chi connectivity index (χ2n) is 4.03. The smallest absolute Gasteiger partial charge is 0.237 e. The van der Waals surface area contributed by atoms with Gasteiger partial charge in [-0.05, 0) is 0 Å². The normalized spacial score (nSPS) is 21.2. The maximum atomic E-state index is 11.6. The molecule has 1 aromatic rings. The van der Waals surface area contributed by atoms with Gasteiger partial charge in [-0.2, -0.15) is 0 Å². The molecule has 0 spiro atoms. The second kappa shape index (κ2) is 4.30. The topological polar surface area (TPSA) is 72.3 Å². The van der Waals surface area contributed by atoms with Crippen molar-refractivity contribution in [2.75, 3.05) is 6.54 Å². The van der Waals surface area contributed by atoms with E-state index in [9.17, 15) is 13.2 Å². The predicted octanol–water partition coefficient (Wildman–Crippen LogP) is 0.0896. The molecule has 8 heteroatoms. The molecule has 0 aliphatic carbocycles. The van der Waals surface area contributed by atoms with Gasteiger partial charge in [0.15, 0.2) is 0 Å². The summed E-state index contributed by atoms with van der Waals surface area (Å²) in [5.74, 6) is 0.508. The molecular formula is C9H12ClN3O3S. The zero-order valence-electron chi connectivity index (χ0n) is 9.21. The van der Waals surface area contributed by atoms with Gasteiger partial charge in [-0.15, -0.1) is 0 Å². The van der Waals surface area contributed by atoms with Crippen molar-refractivity contribution in [2.24, 2.45) is 7.05 Å². The first-order chi connectivity index (χ1) is 7.88. The Labute approximate surface area is 104 Å². The van der Waals surface area contributed by atoms with E-state index in [0.717, 1.165) is 0 Å². The lowest BCUT2D eigenvalue weighted by molar-refractivity contribution is -0.128. The number of amides is 1. The Morgan fingerprint density at radius 1 is 1.59 bits per heavy atom. The summed E-state index contributed by atoms with van der Waals surface area (Å²) in [7, 11) is 3.40. The number of hydrogen-bond acceptors (Lipinski definition) is 4. The number of rotatable bonds is 3. The molecule has 94 valence electrons. The van der Waals surface area contributed by atoms with Gasteiger partial charge in [0.2, 0.25) is 15.0 Å². The number of carbonyl (C=O) groups excluding carboxylic acids is 1. The lowest BCUT2D eigenvalue weighted by atomic mass is 10.4. The van der Waals surface area contributed by atoms with Gasteiger partial charge in [-0.25, -0.2) is 13.4 Å². The van der Waals surface area contributed by atoms with Gasteiger partial charge >= 0.3 is 0 Å². The van der Waals surface area contributed by atoms with Gasteiger partial charge in [-0.1, -0.05) is 0 Å². The summed E-state index contributed by atoms with van der Waals surface area (Å²) in [6.45, 7) is 0.447. The van der Waals surface area contributed by atoms with Crippen molar-refractivity contribution < 1.29 is 13.2 Å². The first kappa shape index (κ1) is 12.4. The van der Waals surface area contributed by atoms with Crippen molar-refractivity contribution in [3.05, 3.63) is 18.2 Å². The molecule has 2 heterocycles. The molecule has 1 aromatic heterocycles. The third-order valence-corrected chi connectivity index (χ3v) is 4.70. The van der Waals surface area contributed by atoms with Crippen LogP contribution in [0.25, 0.3) is 0 Å². The lowest BCUT2D eigenvalue weighted by Gasteiger charge is -2.15. The summed E-state index contributed by atoms with van der Waals surface area (Å²) < 4.78 is 24.1. The maximum absolute atomic E-state index is 11.6. The van der Waals surface area contributed by atoms with Crippen LogP contribution in [0.1, 0.15) is 12.2 Å². The number of carbonyl (C=O) groups is 1. The second-order valence-corrected chi connectivity index (χ2v) is 6.94. The molecule has 0 saturated carbocycles. The Balaban J connectivity index is 2.10. The van der Waals surface area contributed by atoms with E-state index in [-0.39, 0.29) is 18.9 Å². The van der Waals surface area contributed by atoms with Crippen LogP contribution < -0.4 is 0 Å². The summed E-state index contributed by atoms with van der Waals surface area (Å²) >= 11 is 0. The van der Waals surface area contributed by atoms with E-state index in [1.165, 1.54) is 4.90 Å². The molecule has 0 radical (unpaired) electrons. The van der Waals surface area contributed by atoms with Gasteiger partial charge < -0.3 is 9.47 Å². The molecule has 1 aliphatic heterocycles. The zero-order chi connectivity index (χ0) is 12.6. The molecule has 1 unspecified atom stereocenters. The van der Waals surface area contributed by atoms with Gasteiger partial charge in [-0.3, -0.25) is 4.79 Å². The predicted molar refractivity (Wildman–Crippen MR) is 61.8 cm³/mol. The van der Waals surface area contributed by atoms with Crippen LogP contribution in [0.4, 0.5) is 0 Å². The molecule has 2 rings (SSSR count). The first-order valence-electron chi connectivity index (χ1n) is 5.05. The van der Waals surface area contributed by atoms with Crippen LogP contribution in [-0.2, 0) is 27.4 Å². The number of aryl methyl sites for hydroxylation is 1. The standard InChI is InChI=1S/C9H12ClN3O3S/c1-12-3-2-11-8(12)6-13-5-7(4-9(13)14)17(10,15)16/h2-3,7H,4-6H2,1H3. The average molecular weight is 278 g/mol. The van der Waals surface area contributed by atoms with E-state index in [2.05, 4.69) is 4.98 Å². The summed E-state index contributed by atoms with van der Waals surface area (Å²) in [4.78, 5) is 17.2. The Morgan fingerprint density at radius 3 is 2.76 bits per heavy atom. The Kier molecular flexibility index (Phi) is 3.13. The van der Waals surface area contributed by atoms with Crippen LogP contribution in [0.2, 0.25) is 0 Å². The van der Waals surface area contributed by atoms with Crippen LogP contribution in [-0.4, -0.2) is 40.6 Å². The van der Waals surface area contributed by atoms with Gasteiger partial charge in [0.1, 0.15) is 11.1 Å². The number of halogens is 1. The van der Waals surface area contributed by atoms with Crippen LogP contribution in [0.15, 0.2) is 12.4 Å². The van der Waals surface area contributed by atoms with E-state index in [0.29, 0.717) is 12.4 Å². The number of aromatic nitrogens is 2. The Morgan fingerprint density at radius 2 is 2.29 bits per heavy atom. The monoisotopic (exact) mass is 277 g/mol. The molecule has 1 amide bonds. The van der Waals surface area contributed by atoms with Gasteiger partial charge in [0.05, 0.1) is 6.54 Å². The van der Waals surface area contributed by atoms with Crippen LogP contribution in [0, 0.1) is 0 Å². The molecule has 17 heavy (non-hydrogen) atoms.